The molecular formula is C15H21N3O3. The van der Waals surface area contributed by atoms with Crippen molar-refractivity contribution in [1.82, 2.24) is 4.90 Å². The zero-order chi connectivity index (χ0) is 15.6. The predicted molar refractivity (Wildman–Crippen MR) is 81.5 cm³/mol. The molecule has 0 aliphatic carbocycles. The molecule has 1 aliphatic rings. The van der Waals surface area contributed by atoms with Gasteiger partial charge in [-0.15, -0.1) is 0 Å². The maximum Gasteiger partial charge on any atom is 0.272 e. The summed E-state index contributed by atoms with van der Waals surface area (Å²) in [6.07, 6.45) is 1.85. The lowest BCUT2D eigenvalue weighted by atomic mass is 10.0. The Morgan fingerprint density at radius 2 is 2.00 bits per heavy atom. The van der Waals surface area contributed by atoms with Crippen LogP contribution in [0, 0.1) is 17.0 Å². The third-order valence-corrected chi connectivity index (χ3v) is 4.25. The van der Waals surface area contributed by atoms with Crippen molar-refractivity contribution in [3.63, 3.8) is 0 Å². The van der Waals surface area contributed by atoms with Gasteiger partial charge in [-0.3, -0.25) is 14.9 Å². The van der Waals surface area contributed by atoms with E-state index in [4.69, 9.17) is 0 Å². The number of anilines is 1. The van der Waals surface area contributed by atoms with Gasteiger partial charge in [-0.2, -0.15) is 0 Å². The first-order chi connectivity index (χ1) is 9.90. The van der Waals surface area contributed by atoms with Gasteiger partial charge in [0.1, 0.15) is 0 Å². The summed E-state index contributed by atoms with van der Waals surface area (Å²) < 4.78 is 0. The van der Waals surface area contributed by atoms with Gasteiger partial charge in [-0.05, 0) is 31.9 Å². The van der Waals surface area contributed by atoms with Crippen LogP contribution in [0.5, 0.6) is 0 Å². The number of benzene rings is 1. The summed E-state index contributed by atoms with van der Waals surface area (Å²) in [5, 5.41) is 10.8. The number of amides is 1. The van der Waals surface area contributed by atoms with Gasteiger partial charge in [0.05, 0.1) is 4.92 Å². The zero-order valence-corrected chi connectivity index (χ0v) is 12.7. The smallest absolute Gasteiger partial charge is 0.272 e. The molecule has 0 N–H and O–H groups in total. The van der Waals surface area contributed by atoms with Crippen LogP contribution >= 0.6 is 0 Å². The van der Waals surface area contributed by atoms with Crippen LogP contribution in [0.3, 0.4) is 0 Å². The molecule has 1 aromatic rings. The molecule has 0 atom stereocenters. The molecule has 1 aliphatic heterocycles. The summed E-state index contributed by atoms with van der Waals surface area (Å²) in [7, 11) is 1.85. The van der Waals surface area contributed by atoms with Crippen LogP contribution in [0.2, 0.25) is 0 Å². The van der Waals surface area contributed by atoms with E-state index < -0.39 is 0 Å². The molecule has 0 unspecified atom stereocenters. The predicted octanol–water partition coefficient (Wildman–Crippen LogP) is 2.35. The van der Waals surface area contributed by atoms with Crippen molar-refractivity contribution in [3.8, 4) is 0 Å². The van der Waals surface area contributed by atoms with Gasteiger partial charge in [0.25, 0.3) is 5.69 Å². The van der Waals surface area contributed by atoms with Crippen molar-refractivity contribution >= 4 is 17.3 Å². The van der Waals surface area contributed by atoms with E-state index in [1.165, 1.54) is 0 Å². The lowest BCUT2D eigenvalue weighted by Crippen LogP contribution is -2.45. The maximum atomic E-state index is 11.4. The van der Waals surface area contributed by atoms with E-state index in [1.54, 1.807) is 30.9 Å². The van der Waals surface area contributed by atoms with E-state index in [9.17, 15) is 14.9 Å². The number of hydrogen-bond donors (Lipinski definition) is 0. The number of hydrogen-bond acceptors (Lipinski definition) is 4. The fraction of sp³-hybridized carbons (Fsp3) is 0.533. The van der Waals surface area contributed by atoms with Crippen molar-refractivity contribution < 1.29 is 9.72 Å². The molecule has 1 heterocycles. The highest BCUT2D eigenvalue weighted by atomic mass is 16.6. The molecule has 114 valence electrons. The Labute approximate surface area is 124 Å². The highest BCUT2D eigenvalue weighted by Crippen LogP contribution is 2.27. The number of piperidine rings is 1. The van der Waals surface area contributed by atoms with Gasteiger partial charge in [-0.25, -0.2) is 0 Å². The minimum Gasteiger partial charge on any atom is -0.371 e. The van der Waals surface area contributed by atoms with Gasteiger partial charge in [0.2, 0.25) is 5.91 Å². The summed E-state index contributed by atoms with van der Waals surface area (Å²) in [5.74, 6) is 0.0969. The summed E-state index contributed by atoms with van der Waals surface area (Å²) in [5.41, 5.74) is 1.85. The molecule has 2 rings (SSSR count). The lowest BCUT2D eigenvalue weighted by molar-refractivity contribution is -0.385. The molecule has 1 saturated heterocycles. The van der Waals surface area contributed by atoms with Crippen LogP contribution < -0.4 is 4.90 Å². The van der Waals surface area contributed by atoms with Crippen molar-refractivity contribution in [3.05, 3.63) is 33.9 Å². The molecule has 0 bridgehead atoms. The van der Waals surface area contributed by atoms with Gasteiger partial charge in [0, 0.05) is 50.4 Å². The Kier molecular flexibility index (Phi) is 4.45. The largest absolute Gasteiger partial charge is 0.371 e. The molecule has 0 aromatic heterocycles. The van der Waals surface area contributed by atoms with Crippen LogP contribution in [-0.4, -0.2) is 41.9 Å². The number of nitro benzene ring substituents is 1. The van der Waals surface area contributed by atoms with E-state index in [0.29, 0.717) is 5.56 Å². The number of rotatable bonds is 3. The first-order valence-corrected chi connectivity index (χ1v) is 7.13. The van der Waals surface area contributed by atoms with E-state index in [0.717, 1.165) is 31.6 Å². The number of aryl methyl sites for hydroxylation is 1. The number of nitro groups is 1. The van der Waals surface area contributed by atoms with E-state index in [1.807, 2.05) is 13.1 Å². The molecule has 1 aromatic carbocycles. The topological polar surface area (TPSA) is 66.7 Å². The highest BCUT2D eigenvalue weighted by Gasteiger charge is 2.24. The Morgan fingerprint density at radius 3 is 2.48 bits per heavy atom. The molecule has 6 nitrogen and oxygen atoms in total. The minimum absolute atomic E-state index is 0.0969. The van der Waals surface area contributed by atoms with Gasteiger partial charge >= 0.3 is 0 Å². The van der Waals surface area contributed by atoms with Crippen LogP contribution in [0.15, 0.2) is 18.2 Å². The maximum absolute atomic E-state index is 11.4. The Morgan fingerprint density at radius 1 is 1.38 bits per heavy atom. The summed E-state index contributed by atoms with van der Waals surface area (Å²) in [6.45, 7) is 5.07. The van der Waals surface area contributed by atoms with E-state index >= 15 is 0 Å². The fourth-order valence-corrected chi connectivity index (χ4v) is 2.81. The quantitative estimate of drug-likeness (QED) is 0.633. The average molecular weight is 291 g/mol. The summed E-state index contributed by atoms with van der Waals surface area (Å²) in [6, 6.07) is 5.53. The second-order valence-electron chi connectivity index (χ2n) is 5.58. The van der Waals surface area contributed by atoms with Crippen molar-refractivity contribution in [2.75, 3.05) is 25.0 Å². The molecule has 1 fully saturated rings. The van der Waals surface area contributed by atoms with Gasteiger partial charge in [-0.1, -0.05) is 0 Å². The average Bonchev–Trinajstić information content (AvgIpc) is 2.46. The first kappa shape index (κ1) is 15.3. The molecule has 0 radical (unpaired) electrons. The minimum atomic E-state index is -0.354. The van der Waals surface area contributed by atoms with Crippen molar-refractivity contribution in [1.29, 1.82) is 0 Å². The van der Waals surface area contributed by atoms with Crippen molar-refractivity contribution in [2.45, 2.75) is 32.7 Å². The Bertz CT molecular complexity index is 551. The zero-order valence-electron chi connectivity index (χ0n) is 12.7. The molecule has 6 heteroatoms. The van der Waals surface area contributed by atoms with Gasteiger partial charge < -0.3 is 9.80 Å². The van der Waals surface area contributed by atoms with Crippen LogP contribution in [-0.2, 0) is 4.79 Å². The third kappa shape index (κ3) is 3.32. The Hall–Kier alpha value is -2.11. The number of nitrogens with zero attached hydrogens (tertiary/aromatic N) is 3. The third-order valence-electron chi connectivity index (χ3n) is 4.25. The standard InChI is InChI=1S/C15H21N3O3/c1-11-10-14(4-5-15(11)18(20)21)17-8-6-13(7-9-17)16(3)12(2)19/h4-5,10,13H,6-9H2,1-3H3. The van der Waals surface area contributed by atoms with E-state index in [2.05, 4.69) is 4.90 Å². The van der Waals surface area contributed by atoms with Crippen LogP contribution in [0.4, 0.5) is 11.4 Å². The Balaban J connectivity index is 2.04. The summed E-state index contributed by atoms with van der Waals surface area (Å²) >= 11 is 0. The van der Waals surface area contributed by atoms with Crippen LogP contribution in [0.1, 0.15) is 25.3 Å². The number of carbonyl (C=O) groups is 1. The molecule has 1 amide bonds. The van der Waals surface area contributed by atoms with E-state index in [-0.39, 0.29) is 22.6 Å². The second kappa shape index (κ2) is 6.11. The SMILES string of the molecule is CC(=O)N(C)C1CCN(c2ccc([N+](=O)[O-])c(C)c2)CC1. The molecular weight excluding hydrogens is 270 g/mol. The fourth-order valence-electron chi connectivity index (χ4n) is 2.81. The number of carbonyl (C=O) groups excluding carboxylic acids is 1. The monoisotopic (exact) mass is 291 g/mol. The molecule has 21 heavy (non-hydrogen) atoms. The van der Waals surface area contributed by atoms with Gasteiger partial charge in [0.15, 0.2) is 0 Å². The molecule has 0 saturated carbocycles. The normalized spacial score (nSPS) is 15.9. The summed E-state index contributed by atoms with van der Waals surface area (Å²) in [4.78, 5) is 25.9. The van der Waals surface area contributed by atoms with Crippen LogP contribution in [0.25, 0.3) is 0 Å². The highest BCUT2D eigenvalue weighted by molar-refractivity contribution is 5.73. The first-order valence-electron chi connectivity index (χ1n) is 7.13. The second-order valence-corrected chi connectivity index (χ2v) is 5.58. The lowest BCUT2D eigenvalue weighted by Gasteiger charge is -2.37. The van der Waals surface area contributed by atoms with Crippen molar-refractivity contribution in [2.24, 2.45) is 0 Å². The molecule has 0 spiro atoms.